The summed E-state index contributed by atoms with van der Waals surface area (Å²) in [4.78, 5) is 4.96. The number of rotatable bonds is 6. The van der Waals surface area contributed by atoms with Gasteiger partial charge >= 0.3 is 0 Å². The number of nitrogens with one attached hydrogen (secondary N) is 1. The lowest BCUT2D eigenvalue weighted by Gasteiger charge is -2.32. The molecule has 0 amide bonds. The molecule has 0 unspecified atom stereocenters. The molecule has 0 aromatic carbocycles. The molecule has 1 saturated heterocycles. The Labute approximate surface area is 93.2 Å². The average molecular weight is 217 g/mol. The van der Waals surface area contributed by atoms with Crippen LogP contribution in [0.4, 0.5) is 0 Å². The van der Waals surface area contributed by atoms with Gasteiger partial charge in [-0.05, 0) is 26.6 Å². The van der Waals surface area contributed by atoms with Crippen molar-refractivity contribution in [2.75, 3.05) is 58.6 Å². The van der Waals surface area contributed by atoms with Crippen LogP contribution in [0.25, 0.3) is 0 Å². The van der Waals surface area contributed by atoms with Gasteiger partial charge in [-0.1, -0.05) is 0 Å². The highest BCUT2D eigenvalue weighted by molar-refractivity contribution is 7.80. The minimum atomic E-state index is 0.939. The van der Waals surface area contributed by atoms with Gasteiger partial charge in [0.25, 0.3) is 0 Å². The molecule has 1 rings (SSSR count). The van der Waals surface area contributed by atoms with Crippen LogP contribution in [0.2, 0.25) is 0 Å². The largest absolute Gasteiger partial charge is 0.316 e. The van der Waals surface area contributed by atoms with Gasteiger partial charge in [0.05, 0.1) is 0 Å². The zero-order chi connectivity index (χ0) is 10.2. The average Bonchev–Trinajstić information content (AvgIpc) is 2.21. The van der Waals surface area contributed by atoms with Crippen molar-refractivity contribution in [3.8, 4) is 0 Å². The van der Waals surface area contributed by atoms with Crippen LogP contribution in [0.3, 0.4) is 0 Å². The smallest absolute Gasteiger partial charge is 0.0110 e. The maximum Gasteiger partial charge on any atom is 0.0110 e. The summed E-state index contributed by atoms with van der Waals surface area (Å²) in [5.41, 5.74) is 0. The van der Waals surface area contributed by atoms with E-state index in [0.717, 1.165) is 18.8 Å². The quantitative estimate of drug-likeness (QED) is 0.487. The second-order valence-corrected chi connectivity index (χ2v) is 4.42. The van der Waals surface area contributed by atoms with E-state index in [1.54, 1.807) is 0 Å². The van der Waals surface area contributed by atoms with Crippen molar-refractivity contribution in [3.05, 3.63) is 0 Å². The van der Waals surface area contributed by atoms with Gasteiger partial charge in [-0.15, -0.1) is 0 Å². The zero-order valence-corrected chi connectivity index (χ0v) is 10.1. The van der Waals surface area contributed by atoms with Gasteiger partial charge in [0.1, 0.15) is 0 Å². The Balaban J connectivity index is 1.91. The second-order valence-electron chi connectivity index (χ2n) is 3.97. The third kappa shape index (κ3) is 5.20. The third-order valence-electron chi connectivity index (χ3n) is 2.71. The first kappa shape index (κ1) is 12.3. The molecule has 0 atom stereocenters. The predicted octanol–water partition coefficient (Wildman–Crippen LogP) is 0.143. The van der Waals surface area contributed by atoms with Crippen molar-refractivity contribution in [2.24, 2.45) is 0 Å². The van der Waals surface area contributed by atoms with E-state index in [0.29, 0.717) is 0 Å². The van der Waals surface area contributed by atoms with Crippen molar-refractivity contribution < 1.29 is 0 Å². The molecule has 0 saturated carbocycles. The summed E-state index contributed by atoms with van der Waals surface area (Å²) in [6, 6.07) is 0. The van der Waals surface area contributed by atoms with Crippen LogP contribution in [0.1, 0.15) is 6.42 Å². The topological polar surface area (TPSA) is 18.5 Å². The maximum absolute atomic E-state index is 4.16. The fourth-order valence-corrected chi connectivity index (χ4v) is 1.86. The monoisotopic (exact) mass is 217 g/mol. The minimum absolute atomic E-state index is 0.939. The van der Waals surface area contributed by atoms with E-state index < -0.39 is 0 Å². The predicted molar refractivity (Wildman–Crippen MR) is 65.3 cm³/mol. The molecular weight excluding hydrogens is 194 g/mol. The summed E-state index contributed by atoms with van der Waals surface area (Å²) in [5, 5.41) is 3.37. The molecule has 84 valence electrons. The van der Waals surface area contributed by atoms with E-state index in [4.69, 9.17) is 0 Å². The summed E-state index contributed by atoms with van der Waals surface area (Å²) in [7, 11) is 2.20. The van der Waals surface area contributed by atoms with Crippen LogP contribution in [0.5, 0.6) is 0 Å². The molecule has 0 aliphatic carbocycles. The van der Waals surface area contributed by atoms with E-state index in [2.05, 4.69) is 34.8 Å². The van der Waals surface area contributed by atoms with Gasteiger partial charge in [0, 0.05) is 38.5 Å². The Kier molecular flexibility index (Phi) is 6.60. The Hall–Kier alpha value is 0.230. The van der Waals surface area contributed by atoms with Gasteiger partial charge in [0.2, 0.25) is 0 Å². The van der Waals surface area contributed by atoms with E-state index in [1.807, 2.05) is 0 Å². The Morgan fingerprint density at radius 2 is 1.86 bits per heavy atom. The first-order valence-electron chi connectivity index (χ1n) is 5.55. The minimum Gasteiger partial charge on any atom is -0.316 e. The van der Waals surface area contributed by atoms with Crippen molar-refractivity contribution in [3.63, 3.8) is 0 Å². The molecule has 1 heterocycles. The Morgan fingerprint density at radius 3 is 2.50 bits per heavy atom. The van der Waals surface area contributed by atoms with E-state index in [9.17, 15) is 0 Å². The summed E-state index contributed by atoms with van der Waals surface area (Å²) in [6.07, 6.45) is 1.26. The zero-order valence-electron chi connectivity index (χ0n) is 9.21. The van der Waals surface area contributed by atoms with Crippen molar-refractivity contribution in [1.29, 1.82) is 0 Å². The maximum atomic E-state index is 4.16. The van der Waals surface area contributed by atoms with Crippen LogP contribution in [-0.4, -0.2) is 68.4 Å². The number of hydrogen-bond donors (Lipinski definition) is 2. The standard InChI is InChI=1S/C10H23N3S/c1-12-6-8-13(9-7-12)5-2-3-11-4-10-14/h11,14H,2-10H2,1H3. The molecule has 0 radical (unpaired) electrons. The molecule has 1 aliphatic heterocycles. The van der Waals surface area contributed by atoms with E-state index in [1.165, 1.54) is 39.1 Å². The van der Waals surface area contributed by atoms with Gasteiger partial charge in [-0.2, -0.15) is 12.6 Å². The molecule has 0 aromatic heterocycles. The first-order chi connectivity index (χ1) is 6.83. The Morgan fingerprint density at radius 1 is 1.14 bits per heavy atom. The molecule has 4 heteroatoms. The van der Waals surface area contributed by atoms with Crippen LogP contribution in [0.15, 0.2) is 0 Å². The molecule has 1 fully saturated rings. The highest BCUT2D eigenvalue weighted by Crippen LogP contribution is 1.99. The highest BCUT2D eigenvalue weighted by Gasteiger charge is 2.12. The first-order valence-corrected chi connectivity index (χ1v) is 6.18. The highest BCUT2D eigenvalue weighted by atomic mass is 32.1. The summed E-state index contributed by atoms with van der Waals surface area (Å²) < 4.78 is 0. The van der Waals surface area contributed by atoms with Crippen LogP contribution in [0, 0.1) is 0 Å². The number of nitrogens with zero attached hydrogens (tertiary/aromatic N) is 2. The molecule has 1 N–H and O–H groups in total. The van der Waals surface area contributed by atoms with E-state index in [-0.39, 0.29) is 0 Å². The molecule has 0 aromatic rings. The molecule has 0 spiro atoms. The normalized spacial score (nSPS) is 20.1. The van der Waals surface area contributed by atoms with Crippen LogP contribution in [-0.2, 0) is 0 Å². The SMILES string of the molecule is CN1CCN(CCCNCCS)CC1. The van der Waals surface area contributed by atoms with Gasteiger partial charge < -0.3 is 15.1 Å². The third-order valence-corrected chi connectivity index (χ3v) is 2.94. The molecule has 14 heavy (non-hydrogen) atoms. The fourth-order valence-electron chi connectivity index (χ4n) is 1.70. The fraction of sp³-hybridized carbons (Fsp3) is 1.00. The number of likely N-dealkylation sites (N-methyl/N-ethyl adjacent to an activating group) is 1. The van der Waals surface area contributed by atoms with Gasteiger partial charge in [0.15, 0.2) is 0 Å². The Bertz CT molecular complexity index is 135. The van der Waals surface area contributed by atoms with Crippen molar-refractivity contribution >= 4 is 12.6 Å². The van der Waals surface area contributed by atoms with Crippen LogP contribution < -0.4 is 5.32 Å². The van der Waals surface area contributed by atoms with Crippen molar-refractivity contribution in [1.82, 2.24) is 15.1 Å². The summed E-state index contributed by atoms with van der Waals surface area (Å²) in [6.45, 7) is 8.34. The lowest BCUT2D eigenvalue weighted by molar-refractivity contribution is 0.153. The van der Waals surface area contributed by atoms with Gasteiger partial charge in [-0.25, -0.2) is 0 Å². The van der Waals surface area contributed by atoms with Crippen LogP contribution >= 0.6 is 12.6 Å². The summed E-state index contributed by atoms with van der Waals surface area (Å²) >= 11 is 4.16. The van der Waals surface area contributed by atoms with Crippen molar-refractivity contribution in [2.45, 2.75) is 6.42 Å². The summed E-state index contributed by atoms with van der Waals surface area (Å²) in [5.74, 6) is 0.939. The molecule has 0 bridgehead atoms. The number of piperazine rings is 1. The lowest BCUT2D eigenvalue weighted by atomic mass is 10.3. The lowest BCUT2D eigenvalue weighted by Crippen LogP contribution is -2.45. The van der Waals surface area contributed by atoms with E-state index >= 15 is 0 Å². The molecule has 3 nitrogen and oxygen atoms in total. The molecule has 1 aliphatic rings. The second kappa shape index (κ2) is 7.51. The number of thiol groups is 1. The number of hydrogen-bond acceptors (Lipinski definition) is 4. The molecular formula is C10H23N3S. The van der Waals surface area contributed by atoms with Gasteiger partial charge in [-0.3, -0.25) is 0 Å².